The number of anilines is 2. The summed E-state index contributed by atoms with van der Waals surface area (Å²) in [5.41, 5.74) is 0.427. The molecule has 0 spiro atoms. The van der Waals surface area contributed by atoms with Crippen molar-refractivity contribution in [3.63, 3.8) is 0 Å². The third kappa shape index (κ3) is 4.04. The molecule has 2 fully saturated rings. The van der Waals surface area contributed by atoms with Gasteiger partial charge in [0.2, 0.25) is 0 Å². The van der Waals surface area contributed by atoms with E-state index in [1.807, 2.05) is 0 Å². The van der Waals surface area contributed by atoms with Crippen molar-refractivity contribution >= 4 is 33.1 Å². The molecular weight excluding hydrogens is 422 g/mol. The molecule has 1 aromatic carbocycles. The van der Waals surface area contributed by atoms with Gasteiger partial charge in [-0.05, 0) is 63.0 Å². The van der Waals surface area contributed by atoms with Crippen LogP contribution in [0.15, 0.2) is 35.4 Å². The van der Waals surface area contributed by atoms with Gasteiger partial charge in [0.05, 0.1) is 16.9 Å². The van der Waals surface area contributed by atoms with Gasteiger partial charge >= 0.3 is 0 Å². The van der Waals surface area contributed by atoms with Gasteiger partial charge in [-0.3, -0.25) is 9.62 Å². The molecule has 0 atom stereocenters. The molecule has 3 heterocycles. The zero-order valence-corrected chi connectivity index (χ0v) is 17.2. The molecule has 1 aromatic heterocycles. The van der Waals surface area contributed by atoms with Crippen LogP contribution in [0.2, 0.25) is 5.02 Å². The second-order valence-corrected chi connectivity index (χ2v) is 9.56. The summed E-state index contributed by atoms with van der Waals surface area (Å²) in [5.74, 6) is -1.66. The predicted molar refractivity (Wildman–Crippen MR) is 108 cm³/mol. The molecule has 10 heteroatoms. The van der Waals surface area contributed by atoms with Gasteiger partial charge in [0.25, 0.3) is 10.0 Å². The van der Waals surface area contributed by atoms with Crippen LogP contribution in [0.1, 0.15) is 25.7 Å². The van der Waals surface area contributed by atoms with Crippen LogP contribution in [0.4, 0.5) is 20.3 Å². The molecule has 0 saturated carbocycles. The fourth-order valence-electron chi connectivity index (χ4n) is 4.27. The number of hydrogen-bond acceptors (Lipinski definition) is 5. The monoisotopic (exact) mass is 442 g/mol. The molecule has 2 saturated heterocycles. The lowest BCUT2D eigenvalue weighted by atomic mass is 9.94. The summed E-state index contributed by atoms with van der Waals surface area (Å²) in [4.78, 5) is 5.49. The molecule has 2 aliphatic heterocycles. The van der Waals surface area contributed by atoms with Gasteiger partial charge in [-0.2, -0.15) is 0 Å². The van der Waals surface area contributed by atoms with Crippen molar-refractivity contribution in [3.05, 3.63) is 47.1 Å². The van der Waals surface area contributed by atoms with Crippen molar-refractivity contribution in [1.82, 2.24) is 9.88 Å². The first-order valence-corrected chi connectivity index (χ1v) is 11.3. The Kier molecular flexibility index (Phi) is 5.39. The highest BCUT2D eigenvalue weighted by molar-refractivity contribution is 7.92. The SMILES string of the molecule is O=S(=O)(Nc1ccc(F)cn1)c1cc(Cl)c(NCC23CCCN2CCC3)cc1F. The Morgan fingerprint density at radius 1 is 1.17 bits per heavy atom. The Hall–Kier alpha value is -1.97. The van der Waals surface area contributed by atoms with E-state index in [-0.39, 0.29) is 16.4 Å². The average molecular weight is 443 g/mol. The van der Waals surface area contributed by atoms with Crippen LogP contribution in [-0.4, -0.2) is 43.5 Å². The van der Waals surface area contributed by atoms with Crippen molar-refractivity contribution in [3.8, 4) is 0 Å². The number of halogens is 3. The van der Waals surface area contributed by atoms with Crippen LogP contribution in [0.3, 0.4) is 0 Å². The number of aromatic nitrogens is 1. The molecule has 2 N–H and O–H groups in total. The van der Waals surface area contributed by atoms with Crippen LogP contribution in [-0.2, 0) is 10.0 Å². The number of rotatable bonds is 6. The molecular formula is C19H21ClF2N4O2S. The summed E-state index contributed by atoms with van der Waals surface area (Å²) < 4.78 is 54.7. The molecule has 2 aromatic rings. The van der Waals surface area contributed by atoms with E-state index in [9.17, 15) is 17.2 Å². The predicted octanol–water partition coefficient (Wildman–Crippen LogP) is 3.85. The van der Waals surface area contributed by atoms with Crippen LogP contribution < -0.4 is 10.0 Å². The largest absolute Gasteiger partial charge is 0.382 e. The van der Waals surface area contributed by atoms with Gasteiger partial charge in [0.15, 0.2) is 0 Å². The van der Waals surface area contributed by atoms with E-state index in [0.717, 1.165) is 69.2 Å². The molecule has 6 nitrogen and oxygen atoms in total. The third-order valence-corrected chi connectivity index (χ3v) is 7.38. The minimum Gasteiger partial charge on any atom is -0.382 e. The maximum absolute atomic E-state index is 14.7. The Labute approximate surface area is 173 Å². The van der Waals surface area contributed by atoms with Crippen molar-refractivity contribution in [1.29, 1.82) is 0 Å². The van der Waals surface area contributed by atoms with Gasteiger partial charge in [0.1, 0.15) is 22.3 Å². The first-order chi connectivity index (χ1) is 13.8. The summed E-state index contributed by atoms with van der Waals surface area (Å²) in [5, 5.41) is 3.32. The summed E-state index contributed by atoms with van der Waals surface area (Å²) >= 11 is 6.26. The number of nitrogens with one attached hydrogen (secondary N) is 2. The number of sulfonamides is 1. The quantitative estimate of drug-likeness (QED) is 0.710. The Morgan fingerprint density at radius 3 is 2.55 bits per heavy atom. The maximum atomic E-state index is 14.7. The normalized spacial score (nSPS) is 18.6. The summed E-state index contributed by atoms with van der Waals surface area (Å²) in [6.45, 7) is 2.78. The first-order valence-electron chi connectivity index (χ1n) is 9.41. The zero-order valence-electron chi connectivity index (χ0n) is 15.6. The van der Waals surface area contributed by atoms with Gasteiger partial charge in [-0.15, -0.1) is 0 Å². The highest BCUT2D eigenvalue weighted by Gasteiger charge is 2.43. The molecule has 4 rings (SSSR count). The fourth-order valence-corrected chi connectivity index (χ4v) is 5.66. The molecule has 0 aliphatic carbocycles. The van der Waals surface area contributed by atoms with Crippen molar-refractivity contribution in [2.24, 2.45) is 0 Å². The van der Waals surface area contributed by atoms with E-state index >= 15 is 0 Å². The lowest BCUT2D eigenvalue weighted by molar-refractivity contribution is 0.209. The molecule has 0 amide bonds. The standard InChI is InChI=1S/C19H21ClF2N4O2S/c20-14-9-17(29(27,28)25-18-4-3-13(21)11-23-18)15(22)10-16(14)24-12-19-5-1-7-26(19)8-2-6-19/h3-4,9-11,24H,1-2,5-8,12H2,(H,23,25). The first kappa shape index (κ1) is 20.3. The Bertz CT molecular complexity index is 1010. The fraction of sp³-hybridized carbons (Fsp3) is 0.421. The smallest absolute Gasteiger partial charge is 0.266 e. The van der Waals surface area contributed by atoms with Gasteiger partial charge in [0, 0.05) is 12.1 Å². The van der Waals surface area contributed by atoms with E-state index in [1.54, 1.807) is 0 Å². The number of nitrogens with zero attached hydrogens (tertiary/aromatic N) is 2. The lowest BCUT2D eigenvalue weighted by Crippen LogP contribution is -2.44. The highest BCUT2D eigenvalue weighted by Crippen LogP contribution is 2.39. The molecule has 156 valence electrons. The van der Waals surface area contributed by atoms with Crippen LogP contribution in [0, 0.1) is 11.6 Å². The van der Waals surface area contributed by atoms with Gasteiger partial charge in [-0.25, -0.2) is 22.2 Å². The molecule has 0 bridgehead atoms. The lowest BCUT2D eigenvalue weighted by Gasteiger charge is -2.32. The number of fused-ring (bicyclic) bond motifs is 1. The Morgan fingerprint density at radius 2 is 1.90 bits per heavy atom. The van der Waals surface area contributed by atoms with Gasteiger partial charge < -0.3 is 5.32 Å². The van der Waals surface area contributed by atoms with Crippen molar-refractivity contribution in [2.45, 2.75) is 36.1 Å². The minimum absolute atomic E-state index is 0.0698. The van der Waals surface area contributed by atoms with E-state index in [4.69, 9.17) is 11.6 Å². The van der Waals surface area contributed by atoms with Crippen molar-refractivity contribution < 1.29 is 17.2 Å². The number of hydrogen-bond donors (Lipinski definition) is 2. The maximum Gasteiger partial charge on any atom is 0.266 e. The number of pyridine rings is 1. The second kappa shape index (κ2) is 7.70. The van der Waals surface area contributed by atoms with E-state index in [2.05, 4.69) is 19.9 Å². The zero-order chi connectivity index (χ0) is 20.6. The molecule has 0 radical (unpaired) electrons. The topological polar surface area (TPSA) is 74.3 Å². The number of benzene rings is 1. The molecule has 2 aliphatic rings. The molecule has 29 heavy (non-hydrogen) atoms. The van der Waals surface area contributed by atoms with Crippen LogP contribution >= 0.6 is 11.6 Å². The summed E-state index contributed by atoms with van der Waals surface area (Å²) in [7, 11) is -4.27. The third-order valence-electron chi connectivity index (χ3n) is 5.70. The molecule has 0 unspecified atom stereocenters. The van der Waals surface area contributed by atoms with Crippen LogP contribution in [0.25, 0.3) is 0 Å². The van der Waals surface area contributed by atoms with E-state index in [1.165, 1.54) is 0 Å². The highest BCUT2D eigenvalue weighted by atomic mass is 35.5. The Balaban J connectivity index is 1.53. The van der Waals surface area contributed by atoms with E-state index < -0.39 is 26.6 Å². The van der Waals surface area contributed by atoms with Crippen LogP contribution in [0.5, 0.6) is 0 Å². The summed E-state index contributed by atoms with van der Waals surface area (Å²) in [6.07, 6.45) is 5.32. The summed E-state index contributed by atoms with van der Waals surface area (Å²) in [6, 6.07) is 4.37. The second-order valence-electron chi connectivity index (χ2n) is 7.50. The van der Waals surface area contributed by atoms with E-state index in [0.29, 0.717) is 12.2 Å². The van der Waals surface area contributed by atoms with Gasteiger partial charge in [-0.1, -0.05) is 11.6 Å². The average Bonchev–Trinajstić information content (AvgIpc) is 3.24. The minimum atomic E-state index is -4.27. The van der Waals surface area contributed by atoms with Crippen molar-refractivity contribution in [2.75, 3.05) is 29.7 Å².